The van der Waals surface area contributed by atoms with Gasteiger partial charge in [-0.15, -0.1) is 0 Å². The lowest BCUT2D eigenvalue weighted by Gasteiger charge is -2.25. The van der Waals surface area contributed by atoms with Gasteiger partial charge < -0.3 is 10.1 Å². The first-order valence-electron chi connectivity index (χ1n) is 11.8. The Morgan fingerprint density at radius 1 is 0.914 bits per heavy atom. The number of hydrogen-bond acceptors (Lipinski definition) is 6. The van der Waals surface area contributed by atoms with E-state index in [1.165, 1.54) is 28.6 Å². The first kappa shape index (κ1) is 27.1. The quantitative estimate of drug-likeness (QED) is 0.413. The van der Waals surface area contributed by atoms with Crippen molar-refractivity contribution in [2.45, 2.75) is 55.4 Å². The predicted molar refractivity (Wildman–Crippen MR) is 133 cm³/mol. The summed E-state index contributed by atoms with van der Waals surface area (Å²) in [6.07, 6.45) is 4.47. The van der Waals surface area contributed by atoms with Gasteiger partial charge in [0.2, 0.25) is 20.0 Å². The van der Waals surface area contributed by atoms with Crippen molar-refractivity contribution in [3.8, 4) is 5.75 Å². The number of carbonyl (C=O) groups excluding carboxylic acids is 1. The predicted octanol–water partition coefficient (Wildman–Crippen LogP) is 2.63. The maximum absolute atomic E-state index is 12.7. The van der Waals surface area contributed by atoms with E-state index >= 15 is 0 Å². The van der Waals surface area contributed by atoms with Crippen molar-refractivity contribution < 1.29 is 26.4 Å². The minimum absolute atomic E-state index is 0.135. The highest BCUT2D eigenvalue weighted by Crippen LogP contribution is 2.21. The summed E-state index contributed by atoms with van der Waals surface area (Å²) < 4.78 is 59.4. The molecule has 1 fully saturated rings. The van der Waals surface area contributed by atoms with Gasteiger partial charge in [-0.1, -0.05) is 31.9 Å². The Morgan fingerprint density at radius 3 is 2.17 bits per heavy atom. The number of sulfonamides is 2. The Bertz CT molecular complexity index is 1170. The summed E-state index contributed by atoms with van der Waals surface area (Å²) >= 11 is 0. The highest BCUT2D eigenvalue weighted by molar-refractivity contribution is 7.89. The molecule has 1 aliphatic heterocycles. The largest absolute Gasteiger partial charge is 0.484 e. The van der Waals surface area contributed by atoms with Gasteiger partial charge in [-0.25, -0.2) is 21.6 Å². The van der Waals surface area contributed by atoms with Gasteiger partial charge in [0.05, 0.1) is 9.79 Å². The summed E-state index contributed by atoms with van der Waals surface area (Å²) in [6.45, 7) is 3.46. The van der Waals surface area contributed by atoms with Gasteiger partial charge in [-0.3, -0.25) is 4.79 Å². The number of amides is 1. The van der Waals surface area contributed by atoms with Crippen LogP contribution in [0.15, 0.2) is 58.3 Å². The van der Waals surface area contributed by atoms with Crippen molar-refractivity contribution >= 4 is 26.0 Å². The van der Waals surface area contributed by atoms with E-state index in [-0.39, 0.29) is 28.8 Å². The van der Waals surface area contributed by atoms with Crippen molar-refractivity contribution in [3.63, 3.8) is 0 Å². The van der Waals surface area contributed by atoms with E-state index in [2.05, 4.69) is 10.0 Å². The lowest BCUT2D eigenvalue weighted by Crippen LogP contribution is -2.35. The minimum atomic E-state index is -3.56. The summed E-state index contributed by atoms with van der Waals surface area (Å²) in [7, 11) is -7.05. The molecule has 3 rings (SSSR count). The summed E-state index contributed by atoms with van der Waals surface area (Å²) in [6, 6.07) is 12.4. The average molecular weight is 524 g/mol. The molecule has 11 heteroatoms. The first-order valence-corrected chi connectivity index (χ1v) is 14.7. The molecule has 0 spiro atoms. The Morgan fingerprint density at radius 2 is 1.54 bits per heavy atom. The topological polar surface area (TPSA) is 122 Å². The van der Waals surface area contributed by atoms with E-state index in [9.17, 15) is 21.6 Å². The fraction of sp³-hybridized carbons (Fsp3) is 0.458. The average Bonchev–Trinajstić information content (AvgIpc) is 2.87. The minimum Gasteiger partial charge on any atom is -0.484 e. The molecule has 1 saturated heterocycles. The van der Waals surface area contributed by atoms with Gasteiger partial charge >= 0.3 is 0 Å². The SMILES string of the molecule is CCCCNS(=O)(=O)c1ccc(OCC(=O)NCc2ccc(S(=O)(=O)N3CCCCC3)cc2)cc1. The number of rotatable bonds is 12. The number of unbranched alkanes of at least 4 members (excludes halogenated alkanes) is 1. The van der Waals surface area contributed by atoms with Crippen molar-refractivity contribution in [1.82, 2.24) is 14.3 Å². The van der Waals surface area contributed by atoms with Crippen LogP contribution in [0.4, 0.5) is 0 Å². The molecule has 2 aromatic rings. The van der Waals surface area contributed by atoms with Gasteiger partial charge in [0.15, 0.2) is 6.61 Å². The van der Waals surface area contributed by atoms with Crippen molar-refractivity contribution in [3.05, 3.63) is 54.1 Å². The van der Waals surface area contributed by atoms with E-state index in [0.717, 1.165) is 37.7 Å². The molecule has 0 saturated carbocycles. The number of benzene rings is 2. The normalized spacial score (nSPS) is 15.0. The maximum atomic E-state index is 12.7. The third-order valence-electron chi connectivity index (χ3n) is 5.69. The monoisotopic (exact) mass is 523 g/mol. The van der Waals surface area contributed by atoms with Gasteiger partial charge in [0.25, 0.3) is 5.91 Å². The van der Waals surface area contributed by atoms with Gasteiger partial charge in [-0.05, 0) is 61.2 Å². The van der Waals surface area contributed by atoms with Gasteiger partial charge in [0.1, 0.15) is 5.75 Å². The molecule has 192 valence electrons. The number of carbonyl (C=O) groups is 1. The zero-order valence-corrected chi connectivity index (χ0v) is 21.5. The number of piperidine rings is 1. The van der Waals surface area contributed by atoms with Crippen molar-refractivity contribution in [1.29, 1.82) is 0 Å². The van der Waals surface area contributed by atoms with Crippen LogP contribution < -0.4 is 14.8 Å². The molecule has 0 bridgehead atoms. The zero-order chi connectivity index (χ0) is 25.3. The first-order chi connectivity index (χ1) is 16.7. The van der Waals surface area contributed by atoms with E-state index in [1.807, 2.05) is 6.92 Å². The molecule has 9 nitrogen and oxygen atoms in total. The Hall–Kier alpha value is -2.47. The molecule has 1 aliphatic rings. The van der Waals surface area contributed by atoms with Crippen LogP contribution in [0.3, 0.4) is 0 Å². The van der Waals surface area contributed by atoms with Crippen LogP contribution >= 0.6 is 0 Å². The van der Waals surface area contributed by atoms with Crippen LogP contribution in [0.25, 0.3) is 0 Å². The molecular formula is C24H33N3O6S2. The smallest absolute Gasteiger partial charge is 0.258 e. The molecular weight excluding hydrogens is 490 g/mol. The molecule has 0 aliphatic carbocycles. The second-order valence-corrected chi connectivity index (χ2v) is 12.1. The number of nitrogens with one attached hydrogen (secondary N) is 2. The van der Waals surface area contributed by atoms with E-state index < -0.39 is 20.0 Å². The fourth-order valence-electron chi connectivity index (χ4n) is 3.62. The van der Waals surface area contributed by atoms with E-state index in [0.29, 0.717) is 25.4 Å². The number of hydrogen-bond donors (Lipinski definition) is 2. The van der Waals surface area contributed by atoms with Crippen LogP contribution in [-0.2, 0) is 31.4 Å². The highest BCUT2D eigenvalue weighted by Gasteiger charge is 2.25. The third kappa shape index (κ3) is 7.76. The summed E-state index contributed by atoms with van der Waals surface area (Å²) in [5, 5.41) is 2.73. The molecule has 1 heterocycles. The van der Waals surface area contributed by atoms with Crippen LogP contribution in [0.1, 0.15) is 44.6 Å². The third-order valence-corrected chi connectivity index (χ3v) is 9.08. The lowest BCUT2D eigenvalue weighted by molar-refractivity contribution is -0.123. The van der Waals surface area contributed by atoms with Crippen LogP contribution in [0, 0.1) is 0 Å². The number of ether oxygens (including phenoxy) is 1. The van der Waals surface area contributed by atoms with E-state index in [4.69, 9.17) is 4.74 Å². The Labute approximate surface area is 208 Å². The fourth-order valence-corrected chi connectivity index (χ4v) is 6.21. The van der Waals surface area contributed by atoms with Crippen LogP contribution in [0.2, 0.25) is 0 Å². The second-order valence-electron chi connectivity index (χ2n) is 8.40. The summed E-state index contributed by atoms with van der Waals surface area (Å²) in [5.74, 6) is 0.0212. The molecule has 0 atom stereocenters. The second kappa shape index (κ2) is 12.5. The maximum Gasteiger partial charge on any atom is 0.258 e. The highest BCUT2D eigenvalue weighted by atomic mass is 32.2. The molecule has 1 amide bonds. The molecule has 2 N–H and O–H groups in total. The summed E-state index contributed by atoms with van der Waals surface area (Å²) in [5.41, 5.74) is 0.765. The molecule has 0 unspecified atom stereocenters. The zero-order valence-electron chi connectivity index (χ0n) is 19.9. The molecule has 2 aromatic carbocycles. The summed E-state index contributed by atoms with van der Waals surface area (Å²) in [4.78, 5) is 12.5. The Balaban J connectivity index is 1.46. The van der Waals surface area contributed by atoms with Crippen LogP contribution in [-0.4, -0.2) is 53.3 Å². The van der Waals surface area contributed by atoms with E-state index in [1.54, 1.807) is 24.3 Å². The number of nitrogens with zero attached hydrogens (tertiary/aromatic N) is 1. The molecule has 35 heavy (non-hydrogen) atoms. The molecule has 0 aromatic heterocycles. The van der Waals surface area contributed by atoms with Gasteiger partial charge in [-0.2, -0.15) is 4.31 Å². The van der Waals surface area contributed by atoms with Crippen LogP contribution in [0.5, 0.6) is 5.75 Å². The van der Waals surface area contributed by atoms with Crippen molar-refractivity contribution in [2.24, 2.45) is 0 Å². The molecule has 0 radical (unpaired) electrons. The van der Waals surface area contributed by atoms with Crippen molar-refractivity contribution in [2.75, 3.05) is 26.2 Å². The lowest BCUT2D eigenvalue weighted by atomic mass is 10.2. The van der Waals surface area contributed by atoms with Gasteiger partial charge in [0, 0.05) is 26.2 Å². The Kier molecular flexibility index (Phi) is 9.67. The standard InChI is InChI=1S/C24H33N3O6S2/c1-2-3-15-26-34(29,30)22-13-9-21(10-14-22)33-19-24(28)25-18-20-7-11-23(12-8-20)35(31,32)27-16-5-4-6-17-27/h7-14,26H,2-6,15-19H2,1H3,(H,25,28).